The van der Waals surface area contributed by atoms with Crippen molar-refractivity contribution in [2.75, 3.05) is 12.0 Å². The molecule has 13 heavy (non-hydrogen) atoms. The number of rotatable bonds is 1. The molecular weight excluding hydrogens is 202 g/mol. The van der Waals surface area contributed by atoms with Gasteiger partial charge in [0.25, 0.3) is 0 Å². The van der Waals surface area contributed by atoms with Crippen LogP contribution in [0.4, 0.5) is 5.82 Å². The Hall–Kier alpha value is -0.810. The number of anilines is 1. The molecule has 0 aliphatic heterocycles. The third-order valence-corrected chi connectivity index (χ3v) is 3.35. The molecule has 0 bridgehead atoms. The molecule has 0 fully saturated rings. The SMILES string of the molecule is CSc1nc(N)c2c(C)csc2n1. The monoisotopic (exact) mass is 211 g/mol. The average molecular weight is 211 g/mol. The van der Waals surface area contributed by atoms with Crippen molar-refractivity contribution >= 4 is 39.1 Å². The number of nitrogen functional groups attached to an aromatic ring is 1. The van der Waals surface area contributed by atoms with Crippen LogP contribution in [0.15, 0.2) is 10.5 Å². The molecule has 0 spiro atoms. The standard InChI is InChI=1S/C8H9N3S2/c1-4-3-13-7-5(4)6(9)10-8(11-7)12-2/h3H,1-2H3,(H2,9,10,11). The Kier molecular flexibility index (Phi) is 2.13. The Morgan fingerprint density at radius 2 is 2.23 bits per heavy atom. The molecule has 2 N–H and O–H groups in total. The highest BCUT2D eigenvalue weighted by Gasteiger charge is 2.08. The number of thioether (sulfide) groups is 1. The molecule has 0 atom stereocenters. The van der Waals surface area contributed by atoms with Crippen molar-refractivity contribution in [3.05, 3.63) is 10.9 Å². The van der Waals surface area contributed by atoms with Crippen LogP contribution in [0.3, 0.4) is 0 Å². The zero-order valence-electron chi connectivity index (χ0n) is 7.37. The highest BCUT2D eigenvalue weighted by molar-refractivity contribution is 7.98. The van der Waals surface area contributed by atoms with Gasteiger partial charge < -0.3 is 5.73 Å². The molecule has 2 rings (SSSR count). The fraction of sp³-hybridized carbons (Fsp3) is 0.250. The number of thiophene rings is 1. The highest BCUT2D eigenvalue weighted by atomic mass is 32.2. The van der Waals surface area contributed by atoms with Crippen molar-refractivity contribution in [3.8, 4) is 0 Å². The van der Waals surface area contributed by atoms with Gasteiger partial charge in [-0.15, -0.1) is 11.3 Å². The fourth-order valence-corrected chi connectivity index (χ4v) is 2.55. The molecule has 0 radical (unpaired) electrons. The van der Waals surface area contributed by atoms with Crippen LogP contribution >= 0.6 is 23.1 Å². The van der Waals surface area contributed by atoms with Crippen molar-refractivity contribution in [2.24, 2.45) is 0 Å². The van der Waals surface area contributed by atoms with Crippen LogP contribution in [-0.4, -0.2) is 16.2 Å². The summed E-state index contributed by atoms with van der Waals surface area (Å²) in [4.78, 5) is 9.54. The second-order valence-electron chi connectivity index (χ2n) is 2.69. The van der Waals surface area contributed by atoms with Gasteiger partial charge in [0.15, 0.2) is 5.16 Å². The molecule has 3 nitrogen and oxygen atoms in total. The fourth-order valence-electron chi connectivity index (χ4n) is 1.19. The van der Waals surface area contributed by atoms with Crippen LogP contribution in [-0.2, 0) is 0 Å². The van der Waals surface area contributed by atoms with Gasteiger partial charge in [-0.3, -0.25) is 0 Å². The second-order valence-corrected chi connectivity index (χ2v) is 4.33. The number of hydrogen-bond donors (Lipinski definition) is 1. The van der Waals surface area contributed by atoms with Gasteiger partial charge in [0, 0.05) is 0 Å². The van der Waals surface area contributed by atoms with Crippen LogP contribution < -0.4 is 5.73 Å². The molecule has 2 aromatic heterocycles. The lowest BCUT2D eigenvalue weighted by Gasteiger charge is -1.99. The van der Waals surface area contributed by atoms with Gasteiger partial charge in [-0.2, -0.15) is 0 Å². The number of nitrogens with zero attached hydrogens (tertiary/aromatic N) is 2. The first-order chi connectivity index (χ1) is 6.22. The van der Waals surface area contributed by atoms with Crippen LogP contribution in [0.1, 0.15) is 5.56 Å². The number of hydrogen-bond acceptors (Lipinski definition) is 5. The molecule has 2 heterocycles. The normalized spacial score (nSPS) is 10.9. The van der Waals surface area contributed by atoms with E-state index in [2.05, 4.69) is 15.3 Å². The van der Waals surface area contributed by atoms with Gasteiger partial charge in [0.05, 0.1) is 5.39 Å². The van der Waals surface area contributed by atoms with E-state index < -0.39 is 0 Å². The smallest absolute Gasteiger partial charge is 0.190 e. The summed E-state index contributed by atoms with van der Waals surface area (Å²) in [6.07, 6.45) is 1.95. The van der Waals surface area contributed by atoms with Crippen LogP contribution in [0.5, 0.6) is 0 Å². The van der Waals surface area contributed by atoms with Crippen molar-refractivity contribution < 1.29 is 0 Å². The zero-order valence-corrected chi connectivity index (χ0v) is 9.00. The third kappa shape index (κ3) is 1.38. The summed E-state index contributed by atoms with van der Waals surface area (Å²) in [5, 5.41) is 3.80. The lowest BCUT2D eigenvalue weighted by Crippen LogP contribution is -1.95. The van der Waals surface area contributed by atoms with E-state index >= 15 is 0 Å². The maximum absolute atomic E-state index is 5.82. The van der Waals surface area contributed by atoms with E-state index in [1.54, 1.807) is 11.3 Å². The topological polar surface area (TPSA) is 51.8 Å². The van der Waals surface area contributed by atoms with E-state index in [-0.39, 0.29) is 0 Å². The van der Waals surface area contributed by atoms with E-state index in [1.807, 2.05) is 13.2 Å². The Labute approximate surface area is 84.4 Å². The Bertz CT molecular complexity index is 450. The van der Waals surface area contributed by atoms with Crippen molar-refractivity contribution in [3.63, 3.8) is 0 Å². The molecule has 0 saturated carbocycles. The van der Waals surface area contributed by atoms with Crippen LogP contribution in [0.25, 0.3) is 10.2 Å². The molecule has 0 aliphatic rings. The van der Waals surface area contributed by atoms with E-state index in [4.69, 9.17) is 5.73 Å². The minimum absolute atomic E-state index is 0.591. The summed E-state index contributed by atoms with van der Waals surface area (Å²) in [6.45, 7) is 2.03. The maximum atomic E-state index is 5.82. The Morgan fingerprint density at radius 3 is 2.92 bits per heavy atom. The molecule has 0 unspecified atom stereocenters. The van der Waals surface area contributed by atoms with Gasteiger partial charge >= 0.3 is 0 Å². The van der Waals surface area contributed by atoms with Gasteiger partial charge in [0.1, 0.15) is 10.6 Å². The molecule has 0 aromatic carbocycles. The molecule has 68 valence electrons. The van der Waals surface area contributed by atoms with Crippen molar-refractivity contribution in [1.29, 1.82) is 0 Å². The summed E-state index contributed by atoms with van der Waals surface area (Å²) < 4.78 is 0. The van der Waals surface area contributed by atoms with E-state index in [9.17, 15) is 0 Å². The first-order valence-corrected chi connectivity index (χ1v) is 5.88. The molecular formula is C8H9N3S2. The first-order valence-electron chi connectivity index (χ1n) is 3.77. The Morgan fingerprint density at radius 1 is 1.46 bits per heavy atom. The predicted octanol–water partition coefficient (Wildman–Crippen LogP) is 2.30. The van der Waals surface area contributed by atoms with Crippen LogP contribution in [0, 0.1) is 6.92 Å². The first kappa shape index (κ1) is 8.77. The minimum Gasteiger partial charge on any atom is -0.383 e. The van der Waals surface area contributed by atoms with Gasteiger partial charge in [0.2, 0.25) is 0 Å². The average Bonchev–Trinajstić information content (AvgIpc) is 2.48. The molecule has 5 heteroatoms. The number of fused-ring (bicyclic) bond motifs is 1. The molecule has 0 amide bonds. The van der Waals surface area contributed by atoms with Crippen molar-refractivity contribution in [1.82, 2.24) is 9.97 Å². The summed E-state index contributed by atoms with van der Waals surface area (Å²) >= 11 is 3.12. The summed E-state index contributed by atoms with van der Waals surface area (Å²) in [7, 11) is 0. The van der Waals surface area contributed by atoms with E-state index in [1.165, 1.54) is 11.8 Å². The van der Waals surface area contributed by atoms with Gasteiger partial charge in [-0.05, 0) is 24.1 Å². The lowest BCUT2D eigenvalue weighted by atomic mass is 10.2. The zero-order chi connectivity index (χ0) is 9.42. The molecule has 2 aromatic rings. The van der Waals surface area contributed by atoms with Gasteiger partial charge in [-0.1, -0.05) is 11.8 Å². The van der Waals surface area contributed by atoms with E-state index in [0.717, 1.165) is 20.9 Å². The quantitative estimate of drug-likeness (QED) is 0.581. The largest absolute Gasteiger partial charge is 0.383 e. The molecule has 0 saturated heterocycles. The summed E-state index contributed by atoms with van der Waals surface area (Å²) in [5.41, 5.74) is 6.98. The highest BCUT2D eigenvalue weighted by Crippen LogP contribution is 2.29. The minimum atomic E-state index is 0.591. The predicted molar refractivity (Wildman–Crippen MR) is 58.3 cm³/mol. The van der Waals surface area contributed by atoms with Crippen LogP contribution in [0.2, 0.25) is 0 Å². The molecule has 0 aliphatic carbocycles. The Balaban J connectivity index is 2.79. The maximum Gasteiger partial charge on any atom is 0.190 e. The number of nitrogens with two attached hydrogens (primary N) is 1. The lowest BCUT2D eigenvalue weighted by molar-refractivity contribution is 1.02. The number of aryl methyl sites for hydroxylation is 1. The third-order valence-electron chi connectivity index (χ3n) is 1.81. The van der Waals surface area contributed by atoms with Crippen molar-refractivity contribution in [2.45, 2.75) is 12.1 Å². The number of aromatic nitrogens is 2. The van der Waals surface area contributed by atoms with Gasteiger partial charge in [-0.25, -0.2) is 9.97 Å². The summed E-state index contributed by atoms with van der Waals surface area (Å²) in [5.74, 6) is 0.591. The summed E-state index contributed by atoms with van der Waals surface area (Å²) in [6, 6.07) is 0. The second kappa shape index (κ2) is 3.16. The van der Waals surface area contributed by atoms with E-state index in [0.29, 0.717) is 5.82 Å².